The number of aryl methyl sites for hydroxylation is 1. The molecule has 0 amide bonds. The molecule has 0 fully saturated rings. The molecule has 150 valence electrons. The summed E-state index contributed by atoms with van der Waals surface area (Å²) in [6.45, 7) is 2.00. The third-order valence-electron chi connectivity index (χ3n) is 4.44. The van der Waals surface area contributed by atoms with Gasteiger partial charge in [-0.05, 0) is 54.0 Å². The van der Waals surface area contributed by atoms with E-state index in [1.165, 1.54) is 12.1 Å². The first kappa shape index (κ1) is 21.1. The fraction of sp³-hybridized carbons (Fsp3) is 0.136. The summed E-state index contributed by atoms with van der Waals surface area (Å²) in [5.74, 6) is 0. The number of nitrogens with one attached hydrogen (secondary N) is 2. The fourth-order valence-corrected chi connectivity index (χ4v) is 3.48. The van der Waals surface area contributed by atoms with E-state index >= 15 is 0 Å². The molecule has 0 radical (unpaired) electrons. The molecule has 3 aromatic carbocycles. The Morgan fingerprint density at radius 2 is 1.62 bits per heavy atom. The molecule has 0 spiro atoms. The van der Waals surface area contributed by atoms with Crippen molar-refractivity contribution in [1.29, 1.82) is 0 Å². The van der Waals surface area contributed by atoms with E-state index in [0.717, 1.165) is 22.8 Å². The van der Waals surface area contributed by atoms with Crippen molar-refractivity contribution in [1.82, 2.24) is 5.32 Å². The van der Waals surface area contributed by atoms with Crippen molar-refractivity contribution in [3.63, 3.8) is 0 Å². The van der Waals surface area contributed by atoms with E-state index in [0.29, 0.717) is 0 Å². The van der Waals surface area contributed by atoms with E-state index < -0.39 is 11.7 Å². The Kier molecular flexibility index (Phi) is 6.45. The molecule has 0 aliphatic rings. The highest BCUT2D eigenvalue weighted by atomic mass is 35.5. The van der Waals surface area contributed by atoms with E-state index in [1.54, 1.807) is 0 Å². The van der Waals surface area contributed by atoms with Crippen molar-refractivity contribution in [2.45, 2.75) is 19.1 Å². The quantitative estimate of drug-likeness (QED) is 0.444. The van der Waals surface area contributed by atoms with Gasteiger partial charge in [0.25, 0.3) is 0 Å². The van der Waals surface area contributed by atoms with Crippen molar-refractivity contribution < 1.29 is 13.2 Å². The third-order valence-corrected chi connectivity index (χ3v) is 4.99. The second-order valence-electron chi connectivity index (χ2n) is 6.49. The van der Waals surface area contributed by atoms with Crippen LogP contribution in [0.25, 0.3) is 0 Å². The minimum Gasteiger partial charge on any atom is -0.352 e. The van der Waals surface area contributed by atoms with Gasteiger partial charge in [-0.3, -0.25) is 0 Å². The van der Waals surface area contributed by atoms with Crippen LogP contribution in [0.4, 0.5) is 18.9 Å². The van der Waals surface area contributed by atoms with Crippen LogP contribution < -0.4 is 10.6 Å². The topological polar surface area (TPSA) is 24.1 Å². The number of rotatable bonds is 4. The number of halogens is 4. The van der Waals surface area contributed by atoms with Gasteiger partial charge in [0.1, 0.15) is 0 Å². The Labute approximate surface area is 177 Å². The summed E-state index contributed by atoms with van der Waals surface area (Å²) < 4.78 is 39.3. The number of hydrogen-bond donors (Lipinski definition) is 2. The van der Waals surface area contributed by atoms with E-state index in [1.807, 2.05) is 61.5 Å². The monoisotopic (exact) mass is 434 g/mol. The zero-order valence-electron chi connectivity index (χ0n) is 15.4. The maximum absolute atomic E-state index is 13.1. The van der Waals surface area contributed by atoms with Gasteiger partial charge in [0.15, 0.2) is 5.11 Å². The fourth-order valence-electron chi connectivity index (χ4n) is 3.02. The first-order valence-electron chi connectivity index (χ1n) is 8.80. The molecule has 0 heterocycles. The van der Waals surface area contributed by atoms with Crippen molar-refractivity contribution in [3.8, 4) is 0 Å². The third kappa shape index (κ3) is 5.28. The Bertz CT molecular complexity index is 1010. The lowest BCUT2D eigenvalue weighted by atomic mass is 9.95. The predicted molar refractivity (Wildman–Crippen MR) is 115 cm³/mol. The average Bonchev–Trinajstić information content (AvgIpc) is 2.68. The van der Waals surface area contributed by atoms with E-state index in [-0.39, 0.29) is 21.9 Å². The van der Waals surface area contributed by atoms with E-state index in [9.17, 15) is 13.2 Å². The second-order valence-corrected chi connectivity index (χ2v) is 7.31. The number of thiocarbonyl (C=S) groups is 1. The van der Waals surface area contributed by atoms with Gasteiger partial charge >= 0.3 is 6.18 Å². The lowest BCUT2D eigenvalue weighted by Gasteiger charge is -2.23. The van der Waals surface area contributed by atoms with Crippen molar-refractivity contribution in [2.24, 2.45) is 0 Å². The molecule has 3 rings (SSSR count). The van der Waals surface area contributed by atoms with Crippen molar-refractivity contribution in [2.75, 3.05) is 5.32 Å². The van der Waals surface area contributed by atoms with E-state index in [2.05, 4.69) is 10.6 Å². The highest BCUT2D eigenvalue weighted by Crippen LogP contribution is 2.36. The molecule has 2 N–H and O–H groups in total. The number of anilines is 1. The van der Waals surface area contributed by atoms with Crippen LogP contribution in [-0.4, -0.2) is 5.11 Å². The maximum Gasteiger partial charge on any atom is 0.417 e. The Balaban J connectivity index is 1.86. The van der Waals surface area contributed by atoms with Crippen LogP contribution in [0, 0.1) is 6.92 Å². The first-order valence-corrected chi connectivity index (χ1v) is 9.59. The summed E-state index contributed by atoms with van der Waals surface area (Å²) >= 11 is 11.1. The normalized spacial score (nSPS) is 12.3. The number of hydrogen-bond acceptors (Lipinski definition) is 1. The smallest absolute Gasteiger partial charge is 0.352 e. The molecule has 7 heteroatoms. The maximum atomic E-state index is 13.1. The predicted octanol–water partition coefficient (Wildman–Crippen LogP) is 6.74. The SMILES string of the molecule is Cc1ccccc1[C@H](NC(=S)Nc1ccc(Cl)c(C(F)(F)F)c1)c1ccccc1. The molecule has 0 saturated heterocycles. The van der Waals surface area contributed by atoms with Gasteiger partial charge < -0.3 is 10.6 Å². The Morgan fingerprint density at radius 1 is 0.966 bits per heavy atom. The highest BCUT2D eigenvalue weighted by Gasteiger charge is 2.33. The summed E-state index contributed by atoms with van der Waals surface area (Å²) in [6, 6.07) is 20.9. The van der Waals surface area contributed by atoms with Crippen LogP contribution in [0.2, 0.25) is 5.02 Å². The molecule has 0 bridgehead atoms. The average molecular weight is 435 g/mol. The molecule has 0 unspecified atom stereocenters. The molecule has 0 aliphatic carbocycles. The van der Waals surface area contributed by atoms with Crippen molar-refractivity contribution in [3.05, 3.63) is 100 Å². The molecule has 2 nitrogen and oxygen atoms in total. The van der Waals surface area contributed by atoms with E-state index in [4.69, 9.17) is 23.8 Å². The zero-order valence-corrected chi connectivity index (χ0v) is 17.0. The lowest BCUT2D eigenvalue weighted by Crippen LogP contribution is -2.33. The van der Waals surface area contributed by atoms with Gasteiger partial charge in [-0.15, -0.1) is 0 Å². The summed E-state index contributed by atoms with van der Waals surface area (Å²) in [6.07, 6.45) is -4.54. The molecule has 3 aromatic rings. The van der Waals surface area contributed by atoms with Crippen LogP contribution in [0.15, 0.2) is 72.8 Å². The minimum absolute atomic E-state index is 0.204. The Hall–Kier alpha value is -2.57. The van der Waals surface area contributed by atoms with Crippen LogP contribution in [0.5, 0.6) is 0 Å². The van der Waals surface area contributed by atoms with Gasteiger partial charge in [-0.25, -0.2) is 0 Å². The molecule has 0 saturated carbocycles. The van der Waals surface area contributed by atoms with Crippen LogP contribution in [0.3, 0.4) is 0 Å². The van der Waals surface area contributed by atoms with Crippen LogP contribution >= 0.6 is 23.8 Å². The second kappa shape index (κ2) is 8.84. The first-order chi connectivity index (χ1) is 13.8. The largest absolute Gasteiger partial charge is 0.417 e. The van der Waals surface area contributed by atoms with Gasteiger partial charge in [0.05, 0.1) is 16.6 Å². The Morgan fingerprint density at radius 3 is 2.28 bits per heavy atom. The van der Waals surface area contributed by atoms with Crippen LogP contribution in [-0.2, 0) is 6.18 Å². The standard InChI is InChI=1S/C22H18ClF3N2S/c1-14-7-5-6-10-17(14)20(15-8-3-2-4-9-15)28-21(29)27-16-11-12-19(23)18(13-16)22(24,25)26/h2-13,20H,1H3,(H2,27,28,29)/t20-/m1/s1. The molecular weight excluding hydrogens is 417 g/mol. The highest BCUT2D eigenvalue weighted by molar-refractivity contribution is 7.80. The minimum atomic E-state index is -4.54. The zero-order chi connectivity index (χ0) is 21.0. The van der Waals surface area contributed by atoms with Gasteiger partial charge in [-0.2, -0.15) is 13.2 Å². The van der Waals surface area contributed by atoms with Gasteiger partial charge in [0, 0.05) is 5.69 Å². The lowest BCUT2D eigenvalue weighted by molar-refractivity contribution is -0.137. The molecule has 0 aliphatic heterocycles. The summed E-state index contributed by atoms with van der Waals surface area (Å²) in [7, 11) is 0. The van der Waals surface area contributed by atoms with Crippen molar-refractivity contribution >= 4 is 34.6 Å². The van der Waals surface area contributed by atoms with Gasteiger partial charge in [-0.1, -0.05) is 66.2 Å². The summed E-state index contributed by atoms with van der Waals surface area (Å²) in [5.41, 5.74) is 2.37. The molecule has 29 heavy (non-hydrogen) atoms. The van der Waals surface area contributed by atoms with Crippen LogP contribution in [0.1, 0.15) is 28.3 Å². The van der Waals surface area contributed by atoms with Gasteiger partial charge in [0.2, 0.25) is 0 Å². The molecule has 1 atom stereocenters. The number of benzene rings is 3. The molecular formula is C22H18ClF3N2S. The summed E-state index contributed by atoms with van der Waals surface area (Å²) in [5, 5.41) is 5.90. The molecule has 0 aromatic heterocycles. The number of alkyl halides is 3. The summed E-state index contributed by atoms with van der Waals surface area (Å²) in [4.78, 5) is 0.